The van der Waals surface area contributed by atoms with Crippen molar-refractivity contribution in [2.24, 2.45) is 23.7 Å². The molecule has 1 aliphatic rings. The summed E-state index contributed by atoms with van der Waals surface area (Å²) < 4.78 is 26.5. The second-order valence-electron chi connectivity index (χ2n) is 6.85. The van der Waals surface area contributed by atoms with E-state index < -0.39 is 11.6 Å². The second kappa shape index (κ2) is 7.35. The lowest BCUT2D eigenvalue weighted by atomic mass is 9.68. The van der Waals surface area contributed by atoms with Crippen LogP contribution in [0, 0.1) is 35.3 Å². The van der Waals surface area contributed by atoms with Gasteiger partial charge in [0, 0.05) is 0 Å². The van der Waals surface area contributed by atoms with Crippen LogP contribution >= 0.6 is 0 Å². The number of halogens is 2. The van der Waals surface area contributed by atoms with Crippen LogP contribution in [-0.2, 0) is 6.42 Å². The molecule has 1 N–H and O–H groups in total. The zero-order valence-corrected chi connectivity index (χ0v) is 13.3. The molecule has 21 heavy (non-hydrogen) atoms. The highest BCUT2D eigenvalue weighted by Gasteiger charge is 2.31. The Morgan fingerprint density at radius 1 is 1.14 bits per heavy atom. The van der Waals surface area contributed by atoms with E-state index in [2.05, 4.69) is 19.2 Å². The molecule has 0 aliphatic heterocycles. The summed E-state index contributed by atoms with van der Waals surface area (Å²) >= 11 is 0. The van der Waals surface area contributed by atoms with Crippen LogP contribution in [0.3, 0.4) is 0 Å². The van der Waals surface area contributed by atoms with E-state index >= 15 is 0 Å². The fourth-order valence-electron chi connectivity index (χ4n) is 3.72. The van der Waals surface area contributed by atoms with Gasteiger partial charge in [-0.1, -0.05) is 19.9 Å². The van der Waals surface area contributed by atoms with Crippen LogP contribution in [0.15, 0.2) is 18.2 Å². The van der Waals surface area contributed by atoms with E-state index in [1.807, 2.05) is 7.05 Å². The largest absolute Gasteiger partial charge is 0.319 e. The molecule has 1 aromatic carbocycles. The molecule has 1 fully saturated rings. The number of hydrogen-bond acceptors (Lipinski definition) is 1. The fraction of sp³-hybridized carbons (Fsp3) is 0.667. The maximum absolute atomic E-state index is 13.4. The van der Waals surface area contributed by atoms with Gasteiger partial charge in [-0.3, -0.25) is 0 Å². The van der Waals surface area contributed by atoms with Crippen molar-refractivity contribution in [1.29, 1.82) is 0 Å². The molecule has 3 atom stereocenters. The normalized spacial score (nSPS) is 26.3. The molecule has 3 heteroatoms. The molecule has 0 radical (unpaired) electrons. The Labute approximate surface area is 127 Å². The number of hydrogen-bond donors (Lipinski definition) is 1. The molecule has 1 aromatic rings. The van der Waals surface area contributed by atoms with Gasteiger partial charge in [-0.15, -0.1) is 0 Å². The smallest absolute Gasteiger partial charge is 0.159 e. The van der Waals surface area contributed by atoms with Crippen molar-refractivity contribution in [3.8, 4) is 0 Å². The zero-order chi connectivity index (χ0) is 15.4. The van der Waals surface area contributed by atoms with E-state index in [-0.39, 0.29) is 0 Å². The molecule has 0 heterocycles. The van der Waals surface area contributed by atoms with Crippen molar-refractivity contribution in [3.63, 3.8) is 0 Å². The van der Waals surface area contributed by atoms with Crippen molar-refractivity contribution in [2.75, 3.05) is 13.6 Å². The summed E-state index contributed by atoms with van der Waals surface area (Å²) in [5, 5.41) is 3.28. The van der Waals surface area contributed by atoms with Crippen molar-refractivity contribution in [2.45, 2.75) is 39.5 Å². The average Bonchev–Trinajstić information content (AvgIpc) is 2.45. The van der Waals surface area contributed by atoms with Crippen LogP contribution < -0.4 is 5.32 Å². The Balaban J connectivity index is 2.09. The zero-order valence-electron chi connectivity index (χ0n) is 13.3. The Bertz CT molecular complexity index is 459. The first-order valence-corrected chi connectivity index (χ1v) is 8.09. The van der Waals surface area contributed by atoms with E-state index in [1.165, 1.54) is 31.4 Å². The minimum atomic E-state index is -0.755. The molecule has 0 amide bonds. The van der Waals surface area contributed by atoms with Gasteiger partial charge in [0.05, 0.1) is 0 Å². The third-order valence-corrected chi connectivity index (χ3v) is 5.07. The van der Waals surface area contributed by atoms with Gasteiger partial charge in [-0.2, -0.15) is 0 Å². The topological polar surface area (TPSA) is 12.0 Å². The van der Waals surface area contributed by atoms with E-state index in [0.29, 0.717) is 17.8 Å². The van der Waals surface area contributed by atoms with Crippen LogP contribution in [0.1, 0.15) is 38.7 Å². The summed E-state index contributed by atoms with van der Waals surface area (Å²) in [6.07, 6.45) is 4.58. The van der Waals surface area contributed by atoms with Gasteiger partial charge in [0.25, 0.3) is 0 Å². The van der Waals surface area contributed by atoms with Crippen LogP contribution in [0.25, 0.3) is 0 Å². The highest BCUT2D eigenvalue weighted by Crippen LogP contribution is 2.39. The Hall–Kier alpha value is -0.960. The lowest BCUT2D eigenvalue weighted by Gasteiger charge is -2.38. The van der Waals surface area contributed by atoms with Gasteiger partial charge in [-0.25, -0.2) is 8.78 Å². The molecule has 1 nitrogen and oxygen atoms in total. The quantitative estimate of drug-likeness (QED) is 0.848. The second-order valence-corrected chi connectivity index (χ2v) is 6.85. The minimum Gasteiger partial charge on any atom is -0.319 e. The van der Waals surface area contributed by atoms with Crippen molar-refractivity contribution >= 4 is 0 Å². The van der Waals surface area contributed by atoms with Crippen LogP contribution in [-0.4, -0.2) is 13.6 Å². The first-order chi connectivity index (χ1) is 10.0. The summed E-state index contributed by atoms with van der Waals surface area (Å²) in [4.78, 5) is 0. The van der Waals surface area contributed by atoms with Gasteiger partial charge in [0.15, 0.2) is 11.6 Å². The standard InChI is InChI=1S/C18H27F2N/c1-12(2)14-5-6-15(11-21-3)16(10-14)8-13-4-7-17(19)18(20)9-13/h4,7,9,12,14-16,21H,5-6,8,10-11H2,1-3H3. The number of rotatable bonds is 5. The number of benzene rings is 1. The summed E-state index contributed by atoms with van der Waals surface area (Å²) in [5.41, 5.74) is 0.921. The first kappa shape index (κ1) is 16.4. The predicted molar refractivity (Wildman–Crippen MR) is 83.1 cm³/mol. The molecule has 118 valence electrons. The molecule has 1 saturated carbocycles. The predicted octanol–water partition coefficient (Wildman–Crippen LogP) is 4.42. The van der Waals surface area contributed by atoms with Crippen molar-refractivity contribution in [3.05, 3.63) is 35.4 Å². The summed E-state index contributed by atoms with van der Waals surface area (Å²) in [6, 6.07) is 4.35. The van der Waals surface area contributed by atoms with E-state index in [9.17, 15) is 8.78 Å². The molecule has 0 aromatic heterocycles. The summed E-state index contributed by atoms with van der Waals surface area (Å²) in [6.45, 7) is 5.59. The van der Waals surface area contributed by atoms with Gasteiger partial charge >= 0.3 is 0 Å². The third kappa shape index (κ3) is 4.26. The SMILES string of the molecule is CNCC1CCC(C(C)C)CC1Cc1ccc(F)c(F)c1. The Kier molecular flexibility index (Phi) is 5.74. The highest BCUT2D eigenvalue weighted by atomic mass is 19.2. The monoisotopic (exact) mass is 295 g/mol. The average molecular weight is 295 g/mol. The van der Waals surface area contributed by atoms with Gasteiger partial charge < -0.3 is 5.32 Å². The van der Waals surface area contributed by atoms with E-state index in [1.54, 1.807) is 6.07 Å². The van der Waals surface area contributed by atoms with Gasteiger partial charge in [-0.05, 0) is 80.6 Å². The summed E-state index contributed by atoms with van der Waals surface area (Å²) in [5.74, 6) is 1.17. The molecule has 0 spiro atoms. The molecule has 0 bridgehead atoms. The maximum atomic E-state index is 13.4. The highest BCUT2D eigenvalue weighted by molar-refractivity contribution is 5.18. The maximum Gasteiger partial charge on any atom is 0.159 e. The van der Waals surface area contributed by atoms with Crippen LogP contribution in [0.5, 0.6) is 0 Å². The van der Waals surface area contributed by atoms with E-state index in [0.717, 1.165) is 24.4 Å². The van der Waals surface area contributed by atoms with Gasteiger partial charge in [0.2, 0.25) is 0 Å². The minimum absolute atomic E-state index is 0.559. The first-order valence-electron chi connectivity index (χ1n) is 8.09. The number of nitrogens with one attached hydrogen (secondary N) is 1. The molecule has 3 unspecified atom stereocenters. The lowest BCUT2D eigenvalue weighted by Crippen LogP contribution is -2.34. The van der Waals surface area contributed by atoms with Crippen molar-refractivity contribution < 1.29 is 8.78 Å². The summed E-state index contributed by atoms with van der Waals surface area (Å²) in [7, 11) is 1.99. The van der Waals surface area contributed by atoms with Crippen LogP contribution in [0.2, 0.25) is 0 Å². The molecule has 0 saturated heterocycles. The lowest BCUT2D eigenvalue weighted by molar-refractivity contribution is 0.146. The van der Waals surface area contributed by atoms with Crippen LogP contribution in [0.4, 0.5) is 8.78 Å². The Morgan fingerprint density at radius 3 is 2.52 bits per heavy atom. The molecular formula is C18H27F2N. The van der Waals surface area contributed by atoms with Crippen molar-refractivity contribution in [1.82, 2.24) is 5.32 Å². The fourth-order valence-corrected chi connectivity index (χ4v) is 3.72. The van der Waals surface area contributed by atoms with Gasteiger partial charge in [0.1, 0.15) is 0 Å². The molecular weight excluding hydrogens is 268 g/mol. The molecule has 2 rings (SSSR count). The third-order valence-electron chi connectivity index (χ3n) is 5.07. The Morgan fingerprint density at radius 2 is 1.90 bits per heavy atom. The van der Waals surface area contributed by atoms with E-state index in [4.69, 9.17) is 0 Å². The molecule has 1 aliphatic carbocycles.